The minimum Gasteiger partial charge on any atom is -0.471 e. The van der Waals surface area contributed by atoms with Crippen LogP contribution < -0.4 is 10.1 Å². The fourth-order valence-electron chi connectivity index (χ4n) is 3.98. The molecule has 0 radical (unpaired) electrons. The van der Waals surface area contributed by atoms with Gasteiger partial charge in [-0.1, -0.05) is 0 Å². The number of amides is 2. The van der Waals surface area contributed by atoms with E-state index in [-0.39, 0.29) is 35.7 Å². The Balaban J connectivity index is 1.57. The number of fused-ring (bicyclic) bond motifs is 1. The average molecular weight is 430 g/mol. The zero-order valence-corrected chi connectivity index (χ0v) is 17.6. The van der Waals surface area contributed by atoms with Crippen molar-refractivity contribution < 1.29 is 23.1 Å². The van der Waals surface area contributed by atoms with Gasteiger partial charge in [0.2, 0.25) is 11.8 Å². The Hall–Kier alpha value is -3.10. The van der Waals surface area contributed by atoms with Gasteiger partial charge in [-0.3, -0.25) is 9.59 Å². The second-order valence-corrected chi connectivity index (χ2v) is 8.04. The number of aromatic nitrogens is 2. The van der Waals surface area contributed by atoms with E-state index in [0.29, 0.717) is 22.5 Å². The van der Waals surface area contributed by atoms with Crippen molar-refractivity contribution in [1.29, 1.82) is 0 Å². The molecular weight excluding hydrogens is 406 g/mol. The van der Waals surface area contributed by atoms with Crippen LogP contribution in [0.3, 0.4) is 0 Å². The number of carbonyl (C=O) groups is 2. The number of nitrogens with zero attached hydrogens (tertiary/aromatic N) is 3. The highest BCUT2D eigenvalue weighted by molar-refractivity contribution is 6.02. The summed E-state index contributed by atoms with van der Waals surface area (Å²) in [5, 5.41) is 2.88. The summed E-state index contributed by atoms with van der Waals surface area (Å²) in [6.45, 7) is 4.78. The van der Waals surface area contributed by atoms with E-state index in [9.17, 15) is 18.4 Å². The molecule has 2 atom stereocenters. The first kappa shape index (κ1) is 21.1. The van der Waals surface area contributed by atoms with Crippen molar-refractivity contribution in [3.05, 3.63) is 46.8 Å². The lowest BCUT2D eigenvalue weighted by atomic mass is 10.0. The van der Waals surface area contributed by atoms with Crippen molar-refractivity contribution in [3.63, 3.8) is 0 Å². The van der Waals surface area contributed by atoms with E-state index in [0.717, 1.165) is 18.4 Å². The summed E-state index contributed by atoms with van der Waals surface area (Å²) in [6, 6.07) is 2.81. The molecule has 0 saturated heterocycles. The summed E-state index contributed by atoms with van der Waals surface area (Å²) in [5.74, 6) is 0.380. The van der Waals surface area contributed by atoms with Gasteiger partial charge in [0, 0.05) is 29.4 Å². The maximum atomic E-state index is 13.2. The number of halogens is 2. The molecule has 1 aliphatic heterocycles. The van der Waals surface area contributed by atoms with E-state index >= 15 is 0 Å². The number of ether oxygens (including phenoxy) is 1. The molecule has 1 N–H and O–H groups in total. The van der Waals surface area contributed by atoms with Crippen LogP contribution in [0.15, 0.2) is 24.5 Å². The van der Waals surface area contributed by atoms with E-state index in [2.05, 4.69) is 15.3 Å². The van der Waals surface area contributed by atoms with Crippen molar-refractivity contribution in [1.82, 2.24) is 14.9 Å². The highest BCUT2D eigenvalue weighted by Gasteiger charge is 2.40. The van der Waals surface area contributed by atoms with E-state index in [1.807, 2.05) is 13.8 Å². The van der Waals surface area contributed by atoms with Gasteiger partial charge in [0.05, 0.1) is 17.6 Å². The van der Waals surface area contributed by atoms with Gasteiger partial charge in [-0.25, -0.2) is 18.7 Å². The summed E-state index contributed by atoms with van der Waals surface area (Å²) in [7, 11) is 0. The van der Waals surface area contributed by atoms with Gasteiger partial charge in [-0.2, -0.15) is 0 Å². The minimum atomic E-state index is -2.58. The van der Waals surface area contributed by atoms with Crippen LogP contribution >= 0.6 is 0 Å². The highest BCUT2D eigenvalue weighted by atomic mass is 19.3. The first-order chi connectivity index (χ1) is 14.8. The van der Waals surface area contributed by atoms with Crippen LogP contribution in [0.2, 0.25) is 0 Å². The predicted molar refractivity (Wildman–Crippen MR) is 109 cm³/mol. The molecular formula is C22H24F2N4O3. The summed E-state index contributed by atoms with van der Waals surface area (Å²) < 4.78 is 29.9. The molecule has 7 nitrogen and oxygen atoms in total. The van der Waals surface area contributed by atoms with E-state index in [4.69, 9.17) is 4.74 Å². The fraction of sp³-hybridized carbons (Fsp3) is 0.455. The second-order valence-electron chi connectivity index (χ2n) is 8.04. The molecule has 2 amide bonds. The quantitative estimate of drug-likeness (QED) is 0.716. The lowest BCUT2D eigenvalue weighted by molar-refractivity contribution is -0.117. The number of pyridine rings is 2. The molecule has 9 heteroatoms. The third-order valence-corrected chi connectivity index (χ3v) is 5.78. The molecule has 1 fully saturated rings. The van der Waals surface area contributed by atoms with E-state index in [1.54, 1.807) is 24.0 Å². The van der Waals surface area contributed by atoms with Crippen LogP contribution in [0.4, 0.5) is 14.6 Å². The maximum Gasteiger partial charge on any atom is 0.272 e. The fourth-order valence-corrected chi connectivity index (χ4v) is 3.98. The number of nitrogens with one attached hydrogen (secondary N) is 1. The predicted octanol–water partition coefficient (Wildman–Crippen LogP) is 4.06. The van der Waals surface area contributed by atoms with Gasteiger partial charge in [0.15, 0.2) is 6.61 Å². The summed E-state index contributed by atoms with van der Waals surface area (Å²) >= 11 is 0. The van der Waals surface area contributed by atoms with Gasteiger partial charge in [-0.05, 0) is 51.3 Å². The Morgan fingerprint density at radius 2 is 2.10 bits per heavy atom. The number of hydrogen-bond donors (Lipinski definition) is 1. The maximum absolute atomic E-state index is 13.2. The first-order valence-corrected chi connectivity index (χ1v) is 10.3. The number of hydrogen-bond acceptors (Lipinski definition) is 5. The molecule has 1 saturated carbocycles. The van der Waals surface area contributed by atoms with Gasteiger partial charge in [-0.15, -0.1) is 0 Å². The summed E-state index contributed by atoms with van der Waals surface area (Å²) in [6.07, 6.45) is 2.24. The Morgan fingerprint density at radius 3 is 2.74 bits per heavy atom. The molecule has 0 bridgehead atoms. The summed E-state index contributed by atoms with van der Waals surface area (Å²) in [5.41, 5.74) is 2.59. The second kappa shape index (κ2) is 8.20. The van der Waals surface area contributed by atoms with Crippen molar-refractivity contribution in [3.8, 4) is 5.88 Å². The van der Waals surface area contributed by atoms with Gasteiger partial charge < -0.3 is 15.0 Å². The van der Waals surface area contributed by atoms with Crippen molar-refractivity contribution in [2.24, 2.45) is 5.92 Å². The lowest BCUT2D eigenvalue weighted by Gasteiger charge is -2.30. The monoisotopic (exact) mass is 430 g/mol. The molecule has 2 aliphatic rings. The molecule has 31 heavy (non-hydrogen) atoms. The molecule has 2 aromatic heterocycles. The van der Waals surface area contributed by atoms with Crippen LogP contribution in [0.25, 0.3) is 0 Å². The molecule has 2 aromatic rings. The van der Waals surface area contributed by atoms with Gasteiger partial charge in [0.1, 0.15) is 5.82 Å². The smallest absolute Gasteiger partial charge is 0.272 e. The number of alkyl halides is 2. The van der Waals surface area contributed by atoms with Gasteiger partial charge >= 0.3 is 0 Å². The summed E-state index contributed by atoms with van der Waals surface area (Å²) in [4.78, 5) is 35.6. The van der Waals surface area contributed by atoms with Crippen molar-refractivity contribution >= 4 is 17.6 Å². The van der Waals surface area contributed by atoms with E-state index < -0.39 is 13.0 Å². The largest absolute Gasteiger partial charge is 0.471 e. The SMILES string of the molecule is Cc1cc(C(C)N2C(=O)c3ccnc(NC(=O)C4CC4)c3C2C)cnc1OCC(F)F. The molecule has 4 rings (SSSR count). The Labute approximate surface area is 178 Å². The topological polar surface area (TPSA) is 84.4 Å². The number of carbonyl (C=O) groups excluding carboxylic acids is 2. The Bertz CT molecular complexity index is 1030. The molecule has 0 aromatic carbocycles. The van der Waals surface area contributed by atoms with Crippen molar-refractivity contribution in [2.75, 3.05) is 11.9 Å². The molecule has 164 valence electrons. The third-order valence-electron chi connectivity index (χ3n) is 5.78. The molecule has 0 spiro atoms. The van der Waals surface area contributed by atoms with Crippen LogP contribution in [-0.2, 0) is 4.79 Å². The molecule has 2 unspecified atom stereocenters. The van der Waals surface area contributed by atoms with E-state index in [1.165, 1.54) is 12.4 Å². The van der Waals surface area contributed by atoms with Crippen molar-refractivity contribution in [2.45, 2.75) is 52.1 Å². The van der Waals surface area contributed by atoms with Crippen LogP contribution in [0.1, 0.15) is 65.8 Å². The zero-order chi connectivity index (χ0) is 22.3. The molecule has 3 heterocycles. The average Bonchev–Trinajstić information content (AvgIpc) is 3.54. The third kappa shape index (κ3) is 4.08. The highest BCUT2D eigenvalue weighted by Crippen LogP contribution is 2.42. The number of aryl methyl sites for hydroxylation is 1. The Kier molecular flexibility index (Phi) is 5.60. The zero-order valence-electron chi connectivity index (χ0n) is 17.6. The number of rotatable bonds is 7. The minimum absolute atomic E-state index is 0.0277. The van der Waals surface area contributed by atoms with Crippen LogP contribution in [-0.4, -0.2) is 39.7 Å². The number of anilines is 1. The van der Waals surface area contributed by atoms with Gasteiger partial charge in [0.25, 0.3) is 12.3 Å². The lowest BCUT2D eigenvalue weighted by Crippen LogP contribution is -2.30. The first-order valence-electron chi connectivity index (χ1n) is 10.3. The Morgan fingerprint density at radius 1 is 1.35 bits per heavy atom. The van der Waals surface area contributed by atoms with Crippen LogP contribution in [0.5, 0.6) is 5.88 Å². The van der Waals surface area contributed by atoms with Crippen LogP contribution in [0, 0.1) is 12.8 Å². The normalized spacial score (nSPS) is 18.8. The molecule has 1 aliphatic carbocycles. The standard InChI is InChI=1S/C22H24F2N4O3/c1-11-8-15(9-26-21(11)31-10-17(23)24)12(2)28-13(3)18-16(22(28)30)6-7-25-19(18)27-20(29)14-4-5-14/h6-9,12-14,17H,4-5,10H2,1-3H3,(H,25,27,29).